The van der Waals surface area contributed by atoms with Crippen molar-refractivity contribution in [1.82, 2.24) is 13.7 Å². The lowest BCUT2D eigenvalue weighted by Gasteiger charge is -2.50. The maximum absolute atomic E-state index is 9.81. The molecule has 1 aliphatic carbocycles. The van der Waals surface area contributed by atoms with E-state index in [1.165, 1.54) is 4.57 Å². The average molecular weight is 1050 g/mol. The Bertz CT molecular complexity index is 5720. The summed E-state index contributed by atoms with van der Waals surface area (Å²) >= 11 is 0. The molecule has 0 N–H and O–H groups in total. The number of rotatable bonds is 6. The van der Waals surface area contributed by atoms with Crippen LogP contribution in [0.15, 0.2) is 285 Å². The zero-order valence-corrected chi connectivity index (χ0v) is 44.2. The highest BCUT2D eigenvalue weighted by Gasteiger charge is 2.54. The summed E-state index contributed by atoms with van der Waals surface area (Å²) in [6.07, 6.45) is 0. The van der Waals surface area contributed by atoms with Crippen molar-refractivity contribution in [2.45, 2.75) is 24.7 Å². The van der Waals surface area contributed by atoms with Crippen molar-refractivity contribution in [3.8, 4) is 17.1 Å². The second kappa shape index (κ2) is 16.6. The molecule has 0 saturated heterocycles. The van der Waals surface area contributed by atoms with Crippen molar-refractivity contribution < 1.29 is 21.9 Å². The summed E-state index contributed by atoms with van der Waals surface area (Å²) in [5, 5.41) is 5.25. The fourth-order valence-corrected chi connectivity index (χ4v) is 19.1. The van der Waals surface area contributed by atoms with Crippen LogP contribution in [0.2, 0.25) is 0 Å². The predicted molar refractivity (Wildman–Crippen MR) is 337 cm³/mol. The average Bonchev–Trinajstić information content (AvgIpc) is 1.20. The zero-order chi connectivity index (χ0) is 66.8. The van der Waals surface area contributed by atoms with Crippen LogP contribution in [0.3, 0.4) is 0 Å². The van der Waals surface area contributed by atoms with Crippen LogP contribution < -0.4 is 20.7 Å². The minimum Gasteiger partial charge on any atom is -0.309 e. The van der Waals surface area contributed by atoms with E-state index in [1.54, 1.807) is 10.6 Å². The number of hydrogen-bond acceptors (Lipinski definition) is 0. The molecule has 3 aromatic heterocycles. The van der Waals surface area contributed by atoms with Crippen molar-refractivity contribution >= 4 is 94.2 Å². The smallest absolute Gasteiger partial charge is 0.179 e. The molecule has 1 spiro atoms. The third-order valence-corrected chi connectivity index (χ3v) is 22.3. The maximum Gasteiger partial charge on any atom is 0.179 e. The summed E-state index contributed by atoms with van der Waals surface area (Å²) in [6, 6.07) is 56.8. The van der Waals surface area contributed by atoms with Crippen LogP contribution in [-0.2, 0) is 10.8 Å². The Labute approximate surface area is 488 Å². The van der Waals surface area contributed by atoms with Gasteiger partial charge in [-0.3, -0.25) is 0 Å². The number of para-hydroxylation sites is 4. The van der Waals surface area contributed by atoms with Crippen molar-refractivity contribution in [1.29, 1.82) is 0 Å². The molecule has 3 nitrogen and oxygen atoms in total. The lowest BCUT2D eigenvalue weighted by Crippen LogP contribution is -2.74. The monoisotopic (exact) mass is 1050 g/mol. The number of hydrogen-bond donors (Lipinski definition) is 0. The first kappa shape index (κ1) is 32.2. The van der Waals surface area contributed by atoms with Crippen molar-refractivity contribution in [3.05, 3.63) is 318 Å². The minimum absolute atomic E-state index is 0.0682. The largest absolute Gasteiger partial charge is 0.309 e. The minimum atomic E-state index is -3.35. The summed E-state index contributed by atoms with van der Waals surface area (Å²) in [5.74, 6) is 0. The molecular weight excluding hydrogens is 983 g/mol. The molecule has 1 aliphatic heterocycles. The predicted octanol–water partition coefficient (Wildman–Crippen LogP) is 15.7. The Hall–Kier alpha value is -9.74. The van der Waals surface area contributed by atoms with Gasteiger partial charge in [-0.15, -0.1) is 0 Å². The van der Waals surface area contributed by atoms with Gasteiger partial charge >= 0.3 is 0 Å². The number of nitrogens with zero attached hydrogens (tertiary/aromatic N) is 3. The Morgan fingerprint density at radius 1 is 0.312 bits per heavy atom. The topological polar surface area (TPSA) is 14.8 Å². The number of aromatic nitrogens is 3. The first-order valence-corrected chi connectivity index (χ1v) is 28.8. The van der Waals surface area contributed by atoms with Gasteiger partial charge in [0.05, 0.1) is 66.1 Å². The summed E-state index contributed by atoms with van der Waals surface area (Å²) in [4.78, 5) is 0. The van der Waals surface area contributed by atoms with E-state index in [0.717, 1.165) is 59.8 Å². The molecule has 17 rings (SSSR count). The van der Waals surface area contributed by atoms with Gasteiger partial charge in [-0.1, -0.05) is 238 Å². The molecule has 80 heavy (non-hydrogen) atoms. The third kappa shape index (κ3) is 5.82. The van der Waals surface area contributed by atoms with E-state index < -0.39 is 116 Å². The Morgan fingerprint density at radius 2 is 0.738 bits per heavy atom. The summed E-state index contributed by atoms with van der Waals surface area (Å²) in [7, 11) is -3.35. The van der Waals surface area contributed by atoms with Crippen molar-refractivity contribution in [2.75, 3.05) is 0 Å². The molecule has 0 fully saturated rings. The van der Waals surface area contributed by atoms with Gasteiger partial charge in [0.1, 0.15) is 0 Å². The number of fused-ring (bicyclic) bond motifs is 17. The SMILES string of the molecule is [2H]c1c([2H])c([2H])c2c(c1[2H])c1c([2H])c([2H])c([2H])c([2H])c1n2-c1ccc2c(c1)c1cc(-n3c4c([2H])c([2H])c([2H])c([2H])c4c4c([2H])c([2H])c([2H])c([2H])c43)cc3c1n2-c1cc([Si](c2ccccc2)(c2ccccc2)c2ccccc2)ccc1C31c2ccccc2C(C)(C)c2ccccc21. The van der Waals surface area contributed by atoms with Crippen molar-refractivity contribution in [2.24, 2.45) is 0 Å². The molecule has 4 heteroatoms. The highest BCUT2D eigenvalue weighted by molar-refractivity contribution is 7.19. The lowest BCUT2D eigenvalue weighted by atomic mass is 9.53. The Balaban J connectivity index is 1.13. The van der Waals surface area contributed by atoms with Gasteiger partial charge in [-0.05, 0) is 115 Å². The van der Waals surface area contributed by atoms with Gasteiger partial charge < -0.3 is 13.7 Å². The molecular formula is C76H53N3Si. The van der Waals surface area contributed by atoms with Gasteiger partial charge in [-0.2, -0.15) is 0 Å². The second-order valence-electron chi connectivity index (χ2n) is 21.5. The summed E-state index contributed by atoms with van der Waals surface area (Å²) in [5.41, 5.74) is 6.21. The van der Waals surface area contributed by atoms with Gasteiger partial charge in [0.2, 0.25) is 0 Å². The molecule has 0 bridgehead atoms. The summed E-state index contributed by atoms with van der Waals surface area (Å²) < 4.78 is 154. The van der Waals surface area contributed by atoms with Crippen LogP contribution in [0, 0.1) is 0 Å². The van der Waals surface area contributed by atoms with Gasteiger partial charge in [0, 0.05) is 49.1 Å². The summed E-state index contributed by atoms with van der Waals surface area (Å²) in [6.45, 7) is 4.45. The van der Waals surface area contributed by atoms with E-state index in [4.69, 9.17) is 8.22 Å². The maximum atomic E-state index is 9.81. The molecule has 2 aliphatic rings. The standard InChI is InChI=1S/C76H53N3Si/c1-75(2)62-34-16-18-36-64(62)76(65-37-19-17-35-63(65)75)66-44-43-55(80(52-24-6-3-7-25-52,53-26-8-4-9-27-53)54-28-10-5-11-29-54)49-73(66)79-72-45-42-50(77-68-38-20-12-30-56(68)57-31-13-21-39-69(57)77)46-60(72)61-47-51(48-67(76)74(61)79)78-70-40-22-14-32-58(70)59-33-15-23-41-71(59)78/h3-49H,1-2H3/i12D,13D,14D,15D,20D,21D,22D,23D,30D,31D,32D,33D,38D,39D,40D,41D. The Morgan fingerprint density at radius 3 is 1.23 bits per heavy atom. The van der Waals surface area contributed by atoms with E-state index >= 15 is 0 Å². The van der Waals surface area contributed by atoms with E-state index in [9.17, 15) is 13.7 Å². The fraction of sp³-hybridized carbons (Fsp3) is 0.0526. The first-order chi connectivity index (χ1) is 46.1. The molecule has 4 heterocycles. The van der Waals surface area contributed by atoms with Crippen molar-refractivity contribution in [3.63, 3.8) is 0 Å². The normalized spacial score (nSPS) is 16.9. The Kier molecular flexibility index (Phi) is 6.70. The first-order valence-electron chi connectivity index (χ1n) is 34.8. The molecule has 0 radical (unpaired) electrons. The van der Waals surface area contributed by atoms with E-state index in [-0.39, 0.29) is 49.3 Å². The van der Waals surface area contributed by atoms with Crippen LogP contribution in [0.5, 0.6) is 0 Å². The fourth-order valence-electron chi connectivity index (χ4n) is 14.3. The van der Waals surface area contributed by atoms with Crippen LogP contribution in [0.25, 0.3) is 82.5 Å². The molecule has 0 amide bonds. The van der Waals surface area contributed by atoms with Gasteiger partial charge in [0.25, 0.3) is 0 Å². The molecule has 0 unspecified atom stereocenters. The van der Waals surface area contributed by atoms with Crippen LogP contribution in [0.4, 0.5) is 0 Å². The van der Waals surface area contributed by atoms with E-state index in [1.807, 2.05) is 66.7 Å². The molecule has 376 valence electrons. The van der Waals surface area contributed by atoms with E-state index in [2.05, 4.69) is 134 Å². The lowest BCUT2D eigenvalue weighted by molar-refractivity contribution is 0.556. The molecule has 0 saturated carbocycles. The highest BCUT2D eigenvalue weighted by Crippen LogP contribution is 2.61. The second-order valence-corrected chi connectivity index (χ2v) is 25.3. The number of benzene rings is 12. The van der Waals surface area contributed by atoms with Crippen LogP contribution in [0.1, 0.15) is 69.2 Å². The van der Waals surface area contributed by atoms with Gasteiger partial charge in [0.15, 0.2) is 8.07 Å². The third-order valence-electron chi connectivity index (χ3n) is 17.5. The van der Waals surface area contributed by atoms with Gasteiger partial charge in [-0.25, -0.2) is 0 Å². The zero-order valence-electron chi connectivity index (χ0n) is 59.2. The molecule has 0 atom stereocenters. The van der Waals surface area contributed by atoms with Crippen LogP contribution >= 0.6 is 0 Å². The van der Waals surface area contributed by atoms with Crippen LogP contribution in [-0.4, -0.2) is 21.8 Å². The van der Waals surface area contributed by atoms with E-state index in [0.29, 0.717) is 27.5 Å². The molecule has 15 aromatic rings. The molecule has 12 aromatic carbocycles. The quantitative estimate of drug-likeness (QED) is 0.116. The highest BCUT2D eigenvalue weighted by atomic mass is 28.3.